The zero-order chi connectivity index (χ0) is 21.8. The summed E-state index contributed by atoms with van der Waals surface area (Å²) in [7, 11) is 0. The highest BCUT2D eigenvalue weighted by atomic mass is 16.5. The summed E-state index contributed by atoms with van der Waals surface area (Å²) in [6.07, 6.45) is 4.65. The Labute approximate surface area is 182 Å². The van der Waals surface area contributed by atoms with Gasteiger partial charge in [-0.25, -0.2) is 9.97 Å². The molecule has 0 aliphatic rings. The SMILES string of the molecule is CC(C)Oc1nc2ccccc2nc1-c1cccc(C=CCc2nnc(C(C)C)o2)c1. The maximum atomic E-state index is 5.99. The third-order valence-electron chi connectivity index (χ3n) is 4.63. The van der Waals surface area contributed by atoms with Crippen LogP contribution in [0.15, 0.2) is 59.0 Å². The number of allylic oxidation sites excluding steroid dienone is 1. The molecule has 0 bridgehead atoms. The molecule has 0 fully saturated rings. The predicted octanol–water partition coefficient (Wildman–Crippen LogP) is 5.85. The summed E-state index contributed by atoms with van der Waals surface area (Å²) in [5.74, 6) is 2.05. The van der Waals surface area contributed by atoms with Crippen molar-refractivity contribution in [3.63, 3.8) is 0 Å². The molecule has 0 saturated heterocycles. The Morgan fingerprint density at radius 1 is 0.935 bits per heavy atom. The largest absolute Gasteiger partial charge is 0.473 e. The van der Waals surface area contributed by atoms with Gasteiger partial charge in [0, 0.05) is 17.9 Å². The second kappa shape index (κ2) is 9.08. The van der Waals surface area contributed by atoms with Gasteiger partial charge in [0.1, 0.15) is 5.69 Å². The van der Waals surface area contributed by atoms with Crippen LogP contribution in [0.1, 0.15) is 51.0 Å². The van der Waals surface area contributed by atoms with Gasteiger partial charge in [-0.2, -0.15) is 0 Å². The van der Waals surface area contributed by atoms with Crippen LogP contribution in [-0.4, -0.2) is 26.3 Å². The van der Waals surface area contributed by atoms with Crippen molar-refractivity contribution >= 4 is 17.1 Å². The highest BCUT2D eigenvalue weighted by Crippen LogP contribution is 2.30. The van der Waals surface area contributed by atoms with Gasteiger partial charge in [-0.05, 0) is 37.6 Å². The highest BCUT2D eigenvalue weighted by molar-refractivity contribution is 5.80. The minimum absolute atomic E-state index is 0.00225. The minimum Gasteiger partial charge on any atom is -0.473 e. The van der Waals surface area contributed by atoms with E-state index in [0.29, 0.717) is 24.1 Å². The summed E-state index contributed by atoms with van der Waals surface area (Å²) in [5.41, 5.74) is 4.40. The van der Waals surface area contributed by atoms with Gasteiger partial charge in [-0.15, -0.1) is 10.2 Å². The van der Waals surface area contributed by atoms with Gasteiger partial charge in [0.2, 0.25) is 17.7 Å². The van der Waals surface area contributed by atoms with E-state index in [-0.39, 0.29) is 12.0 Å². The Hall–Kier alpha value is -3.54. The van der Waals surface area contributed by atoms with E-state index >= 15 is 0 Å². The minimum atomic E-state index is 0.00225. The number of hydrogen-bond donors (Lipinski definition) is 0. The number of para-hydroxylation sites is 2. The second-order valence-electron chi connectivity index (χ2n) is 7.95. The van der Waals surface area contributed by atoms with Crippen molar-refractivity contribution in [3.05, 3.63) is 72.0 Å². The Bertz CT molecular complexity index is 1210. The molecule has 6 nitrogen and oxygen atoms in total. The van der Waals surface area contributed by atoms with Crippen LogP contribution < -0.4 is 4.74 Å². The van der Waals surface area contributed by atoms with E-state index in [1.54, 1.807) is 0 Å². The molecule has 0 aliphatic heterocycles. The number of rotatable bonds is 7. The fourth-order valence-corrected chi connectivity index (χ4v) is 3.15. The molecule has 31 heavy (non-hydrogen) atoms. The van der Waals surface area contributed by atoms with Crippen LogP contribution >= 0.6 is 0 Å². The van der Waals surface area contributed by atoms with Crippen LogP contribution in [0.25, 0.3) is 28.4 Å². The van der Waals surface area contributed by atoms with Gasteiger partial charge in [-0.3, -0.25) is 0 Å². The summed E-state index contributed by atoms with van der Waals surface area (Å²) >= 11 is 0. The summed E-state index contributed by atoms with van der Waals surface area (Å²) in [6.45, 7) is 8.04. The lowest BCUT2D eigenvalue weighted by Crippen LogP contribution is -2.09. The molecule has 0 saturated carbocycles. The molecule has 0 N–H and O–H groups in total. The molecule has 2 aromatic heterocycles. The second-order valence-corrected chi connectivity index (χ2v) is 7.95. The number of benzene rings is 2. The van der Waals surface area contributed by atoms with Gasteiger partial charge in [-0.1, -0.05) is 56.3 Å². The number of fused-ring (bicyclic) bond motifs is 1. The van der Waals surface area contributed by atoms with Crippen LogP contribution in [0.5, 0.6) is 5.88 Å². The van der Waals surface area contributed by atoms with Crippen molar-refractivity contribution in [1.82, 2.24) is 20.2 Å². The van der Waals surface area contributed by atoms with Crippen molar-refractivity contribution in [1.29, 1.82) is 0 Å². The average Bonchev–Trinajstić information content (AvgIpc) is 3.22. The van der Waals surface area contributed by atoms with Gasteiger partial charge in [0.05, 0.1) is 17.1 Å². The highest BCUT2D eigenvalue weighted by Gasteiger charge is 2.14. The molecular weight excluding hydrogens is 388 g/mol. The van der Waals surface area contributed by atoms with Crippen molar-refractivity contribution in [3.8, 4) is 17.1 Å². The van der Waals surface area contributed by atoms with Gasteiger partial charge in [0.15, 0.2) is 0 Å². The quantitative estimate of drug-likeness (QED) is 0.378. The first-order valence-corrected chi connectivity index (χ1v) is 10.5. The van der Waals surface area contributed by atoms with Crippen LogP contribution in [0.4, 0.5) is 0 Å². The zero-order valence-corrected chi connectivity index (χ0v) is 18.2. The zero-order valence-electron chi connectivity index (χ0n) is 18.2. The van der Waals surface area contributed by atoms with Crippen LogP contribution in [0.3, 0.4) is 0 Å². The normalized spacial score (nSPS) is 11.8. The van der Waals surface area contributed by atoms with Crippen molar-refractivity contribution in [2.24, 2.45) is 0 Å². The molecule has 0 spiro atoms. The first-order chi connectivity index (χ1) is 15.0. The Balaban J connectivity index is 1.61. The van der Waals surface area contributed by atoms with Crippen LogP contribution in [0.2, 0.25) is 0 Å². The first kappa shape index (κ1) is 20.7. The van der Waals surface area contributed by atoms with Crippen molar-refractivity contribution in [2.75, 3.05) is 0 Å². The van der Waals surface area contributed by atoms with E-state index in [2.05, 4.69) is 16.3 Å². The molecular formula is C25H26N4O2. The maximum Gasteiger partial charge on any atom is 0.241 e. The molecule has 0 radical (unpaired) electrons. The number of hydrogen-bond acceptors (Lipinski definition) is 6. The van der Waals surface area contributed by atoms with E-state index in [4.69, 9.17) is 19.1 Å². The molecule has 2 aromatic carbocycles. The molecule has 6 heteroatoms. The molecule has 0 aliphatic carbocycles. The third kappa shape index (κ3) is 4.97. The fourth-order valence-electron chi connectivity index (χ4n) is 3.15. The monoisotopic (exact) mass is 414 g/mol. The van der Waals surface area contributed by atoms with Gasteiger partial charge >= 0.3 is 0 Å². The van der Waals surface area contributed by atoms with E-state index in [1.165, 1.54) is 0 Å². The maximum absolute atomic E-state index is 5.99. The standard InChI is InChI=1S/C25H26N4O2/c1-16(2)24-29-28-22(31-24)14-8-10-18-9-7-11-19(15-18)23-25(30-17(3)4)27-21-13-6-5-12-20(21)26-23/h5-13,15-17H,14H2,1-4H3. The molecule has 0 atom stereocenters. The lowest BCUT2D eigenvalue weighted by atomic mass is 10.1. The smallest absolute Gasteiger partial charge is 0.241 e. The van der Waals surface area contributed by atoms with E-state index < -0.39 is 0 Å². The Morgan fingerprint density at radius 3 is 2.42 bits per heavy atom. The summed E-state index contributed by atoms with van der Waals surface area (Å²) < 4.78 is 11.7. The number of ether oxygens (including phenoxy) is 1. The molecule has 0 amide bonds. The van der Waals surface area contributed by atoms with E-state index in [0.717, 1.165) is 27.9 Å². The van der Waals surface area contributed by atoms with Crippen molar-refractivity contribution < 1.29 is 9.15 Å². The summed E-state index contributed by atoms with van der Waals surface area (Å²) in [5, 5.41) is 8.17. The summed E-state index contributed by atoms with van der Waals surface area (Å²) in [4.78, 5) is 9.55. The van der Waals surface area contributed by atoms with Crippen LogP contribution in [-0.2, 0) is 6.42 Å². The first-order valence-electron chi connectivity index (χ1n) is 10.5. The molecule has 158 valence electrons. The lowest BCUT2D eigenvalue weighted by molar-refractivity contribution is 0.234. The van der Waals surface area contributed by atoms with E-state index in [9.17, 15) is 0 Å². The lowest BCUT2D eigenvalue weighted by Gasteiger charge is -2.14. The number of nitrogens with zero attached hydrogens (tertiary/aromatic N) is 4. The fraction of sp³-hybridized carbons (Fsp3) is 0.280. The van der Waals surface area contributed by atoms with Crippen LogP contribution in [0, 0.1) is 0 Å². The van der Waals surface area contributed by atoms with Gasteiger partial charge < -0.3 is 9.15 Å². The number of aromatic nitrogens is 4. The van der Waals surface area contributed by atoms with Crippen molar-refractivity contribution in [2.45, 2.75) is 46.1 Å². The van der Waals surface area contributed by atoms with E-state index in [1.807, 2.05) is 82.3 Å². The molecule has 4 aromatic rings. The van der Waals surface area contributed by atoms with Gasteiger partial charge in [0.25, 0.3) is 0 Å². The Kier molecular flexibility index (Phi) is 6.07. The molecule has 2 heterocycles. The summed E-state index contributed by atoms with van der Waals surface area (Å²) in [6, 6.07) is 16.0. The third-order valence-corrected chi connectivity index (χ3v) is 4.63. The molecule has 4 rings (SSSR count). The Morgan fingerprint density at radius 2 is 1.71 bits per heavy atom. The predicted molar refractivity (Wildman–Crippen MR) is 122 cm³/mol. The topological polar surface area (TPSA) is 73.9 Å². The average molecular weight is 415 g/mol. The molecule has 0 unspecified atom stereocenters.